The van der Waals surface area contributed by atoms with Gasteiger partial charge in [0, 0.05) is 6.07 Å². The van der Waals surface area contributed by atoms with Crippen molar-refractivity contribution < 1.29 is 4.74 Å². The Hall–Kier alpha value is -3.72. The number of aromatic amines is 1. The molecule has 0 amide bonds. The molecule has 0 spiro atoms. The number of methoxy groups -OCH3 is 1. The van der Waals surface area contributed by atoms with Gasteiger partial charge in [-0.3, -0.25) is 9.36 Å². The minimum Gasteiger partial charge on any atom is -0.497 e. The van der Waals surface area contributed by atoms with E-state index in [4.69, 9.17) is 9.72 Å². The Bertz CT molecular complexity index is 1430. The number of thioether (sulfide) groups is 1. The van der Waals surface area contributed by atoms with Crippen molar-refractivity contribution in [3.8, 4) is 11.4 Å². The average Bonchev–Trinajstić information content (AvgIpc) is 3.27. The molecule has 1 N–H and O–H groups in total. The molecule has 0 bridgehead atoms. The van der Waals surface area contributed by atoms with Crippen LogP contribution < -0.4 is 10.3 Å². The van der Waals surface area contributed by atoms with E-state index in [-0.39, 0.29) is 5.56 Å². The third kappa shape index (κ3) is 3.18. The highest BCUT2D eigenvalue weighted by Crippen LogP contribution is 2.26. The van der Waals surface area contributed by atoms with Crippen LogP contribution in [0.3, 0.4) is 0 Å². The fourth-order valence-electron chi connectivity index (χ4n) is 3.27. The smallest absolute Gasteiger partial charge is 0.265 e. The largest absolute Gasteiger partial charge is 0.497 e. The first-order chi connectivity index (χ1) is 14.7. The van der Waals surface area contributed by atoms with Crippen LogP contribution in [0, 0.1) is 0 Å². The van der Waals surface area contributed by atoms with Gasteiger partial charge in [-0.1, -0.05) is 30.0 Å². The summed E-state index contributed by atoms with van der Waals surface area (Å²) in [4.78, 5) is 33.9. The molecule has 9 heteroatoms. The van der Waals surface area contributed by atoms with Gasteiger partial charge in [0.1, 0.15) is 28.4 Å². The minimum absolute atomic E-state index is 0.128. The number of benzene rings is 2. The molecule has 5 rings (SSSR count). The molecule has 0 saturated heterocycles. The lowest BCUT2D eigenvalue weighted by Crippen LogP contribution is -2.23. The predicted molar refractivity (Wildman–Crippen MR) is 115 cm³/mol. The lowest BCUT2D eigenvalue weighted by Gasteiger charge is -2.14. The quantitative estimate of drug-likeness (QED) is 0.346. The lowest BCUT2D eigenvalue weighted by molar-refractivity contribution is 0.414. The Morgan fingerprint density at radius 1 is 1.10 bits per heavy atom. The van der Waals surface area contributed by atoms with Gasteiger partial charge in [-0.05, 0) is 24.3 Å². The number of hydrogen-bond acceptors (Lipinski definition) is 7. The highest BCUT2D eigenvalue weighted by molar-refractivity contribution is 7.98. The van der Waals surface area contributed by atoms with Crippen LogP contribution in [0.15, 0.2) is 71.0 Å². The van der Waals surface area contributed by atoms with Crippen molar-refractivity contribution >= 4 is 33.8 Å². The summed E-state index contributed by atoms with van der Waals surface area (Å²) in [7, 11) is 1.60. The van der Waals surface area contributed by atoms with E-state index in [1.807, 2.05) is 42.5 Å². The van der Waals surface area contributed by atoms with Crippen LogP contribution in [0.5, 0.6) is 5.75 Å². The number of fused-ring (bicyclic) bond motifs is 2. The average molecular weight is 416 g/mol. The molecule has 0 radical (unpaired) electrons. The molecule has 148 valence electrons. The van der Waals surface area contributed by atoms with Gasteiger partial charge in [0.15, 0.2) is 5.65 Å². The fourth-order valence-corrected chi connectivity index (χ4v) is 4.14. The molecule has 3 aromatic heterocycles. The highest BCUT2D eigenvalue weighted by atomic mass is 32.2. The van der Waals surface area contributed by atoms with Gasteiger partial charge in [-0.15, -0.1) is 0 Å². The molecule has 3 heterocycles. The molecular formula is C21H16N6O2S. The number of rotatable bonds is 5. The summed E-state index contributed by atoms with van der Waals surface area (Å²) in [6.45, 7) is 0. The number of hydrogen-bond donors (Lipinski definition) is 1. The van der Waals surface area contributed by atoms with Crippen molar-refractivity contribution in [1.82, 2.24) is 29.5 Å². The third-order valence-corrected chi connectivity index (χ3v) is 5.65. The molecular weight excluding hydrogens is 400 g/mol. The number of H-pyrrole nitrogens is 1. The maximum absolute atomic E-state index is 13.4. The summed E-state index contributed by atoms with van der Waals surface area (Å²) in [5, 5.41) is 1.28. The van der Waals surface area contributed by atoms with Crippen LogP contribution in [0.1, 0.15) is 5.82 Å². The summed E-state index contributed by atoms with van der Waals surface area (Å²) < 4.78 is 6.97. The van der Waals surface area contributed by atoms with E-state index < -0.39 is 0 Å². The summed E-state index contributed by atoms with van der Waals surface area (Å²) in [6, 6.07) is 14.7. The Morgan fingerprint density at radius 2 is 2.00 bits per heavy atom. The minimum atomic E-state index is -0.128. The van der Waals surface area contributed by atoms with Gasteiger partial charge < -0.3 is 9.72 Å². The number of imidazole rings is 1. The molecule has 0 aliphatic heterocycles. The van der Waals surface area contributed by atoms with Crippen molar-refractivity contribution in [2.45, 2.75) is 10.8 Å². The molecule has 0 aliphatic rings. The van der Waals surface area contributed by atoms with Crippen LogP contribution in [-0.2, 0) is 5.75 Å². The molecule has 2 aromatic carbocycles. The van der Waals surface area contributed by atoms with E-state index in [1.165, 1.54) is 18.1 Å². The van der Waals surface area contributed by atoms with E-state index in [1.54, 1.807) is 24.1 Å². The van der Waals surface area contributed by atoms with Crippen molar-refractivity contribution in [1.29, 1.82) is 0 Å². The predicted octanol–water partition coefficient (Wildman–Crippen LogP) is 3.35. The van der Waals surface area contributed by atoms with Gasteiger partial charge in [-0.25, -0.2) is 19.9 Å². The Morgan fingerprint density at radius 3 is 2.90 bits per heavy atom. The molecule has 8 nitrogen and oxygen atoms in total. The van der Waals surface area contributed by atoms with Crippen molar-refractivity contribution in [2.75, 3.05) is 7.11 Å². The fraction of sp³-hybridized carbons (Fsp3) is 0.0952. The zero-order valence-electron chi connectivity index (χ0n) is 15.9. The van der Waals surface area contributed by atoms with Crippen LogP contribution in [0.4, 0.5) is 0 Å². The van der Waals surface area contributed by atoms with Gasteiger partial charge in [-0.2, -0.15) is 0 Å². The zero-order chi connectivity index (χ0) is 20.5. The van der Waals surface area contributed by atoms with Crippen molar-refractivity contribution in [2.24, 2.45) is 0 Å². The topological polar surface area (TPSA) is 98.6 Å². The normalized spacial score (nSPS) is 11.2. The number of aromatic nitrogens is 6. The van der Waals surface area contributed by atoms with Gasteiger partial charge in [0.2, 0.25) is 0 Å². The van der Waals surface area contributed by atoms with Gasteiger partial charge in [0.05, 0.1) is 35.8 Å². The lowest BCUT2D eigenvalue weighted by atomic mass is 10.2. The van der Waals surface area contributed by atoms with Crippen LogP contribution in [0.2, 0.25) is 0 Å². The molecule has 30 heavy (non-hydrogen) atoms. The highest BCUT2D eigenvalue weighted by Gasteiger charge is 2.15. The first-order valence-electron chi connectivity index (χ1n) is 9.16. The van der Waals surface area contributed by atoms with Crippen LogP contribution in [0.25, 0.3) is 27.8 Å². The summed E-state index contributed by atoms with van der Waals surface area (Å²) >= 11 is 1.46. The Labute approximate surface area is 175 Å². The van der Waals surface area contributed by atoms with E-state index in [2.05, 4.69) is 19.9 Å². The first-order valence-corrected chi connectivity index (χ1v) is 10.1. The van der Waals surface area contributed by atoms with E-state index >= 15 is 0 Å². The molecule has 0 aliphatic carbocycles. The Kier molecular flexibility index (Phi) is 4.64. The third-order valence-electron chi connectivity index (χ3n) is 4.68. The first kappa shape index (κ1) is 18.3. The van der Waals surface area contributed by atoms with E-state index in [9.17, 15) is 4.79 Å². The monoisotopic (exact) mass is 416 g/mol. The van der Waals surface area contributed by atoms with Gasteiger partial charge in [0.25, 0.3) is 5.56 Å². The second-order valence-corrected chi connectivity index (χ2v) is 7.42. The second kappa shape index (κ2) is 7.60. The number of nitrogens with one attached hydrogen (secondary N) is 1. The molecule has 0 atom stereocenters. The maximum Gasteiger partial charge on any atom is 0.265 e. The van der Waals surface area contributed by atoms with Crippen molar-refractivity contribution in [3.63, 3.8) is 0 Å². The van der Waals surface area contributed by atoms with Crippen LogP contribution >= 0.6 is 11.8 Å². The zero-order valence-corrected chi connectivity index (χ0v) is 16.8. The molecule has 0 unspecified atom stereocenters. The van der Waals surface area contributed by atoms with Crippen molar-refractivity contribution in [3.05, 3.63) is 77.4 Å². The molecule has 0 fully saturated rings. The molecule has 5 aromatic rings. The SMILES string of the molecule is COc1cccc(-n2c(CSc3ncnc4[nH]cnc34)nc3ccccc3c2=O)c1. The summed E-state index contributed by atoms with van der Waals surface area (Å²) in [5.74, 6) is 1.70. The summed E-state index contributed by atoms with van der Waals surface area (Å²) in [6.07, 6.45) is 3.08. The standard InChI is InChI=1S/C21H16N6O2S/c1-29-14-6-4-5-13(9-14)27-17(26-16-8-3-2-7-15(16)21(27)28)10-30-20-18-19(23-11-22-18)24-12-25-20/h2-9,11-12H,10H2,1H3,(H,22,23,24,25). The maximum atomic E-state index is 13.4. The van der Waals surface area contributed by atoms with Gasteiger partial charge >= 0.3 is 0 Å². The molecule has 0 saturated carbocycles. The number of nitrogens with zero attached hydrogens (tertiary/aromatic N) is 5. The van der Waals surface area contributed by atoms with Crippen LogP contribution in [-0.4, -0.2) is 36.6 Å². The summed E-state index contributed by atoms with van der Waals surface area (Å²) in [5.41, 5.74) is 2.59. The Balaban J connectivity index is 1.64. The van der Waals surface area contributed by atoms with E-state index in [0.717, 1.165) is 5.03 Å². The van der Waals surface area contributed by atoms with E-state index in [0.29, 0.717) is 45.1 Å². The second-order valence-electron chi connectivity index (χ2n) is 6.45. The number of para-hydroxylation sites is 1. The number of ether oxygens (including phenoxy) is 1.